The van der Waals surface area contributed by atoms with E-state index in [1.54, 1.807) is 22.2 Å². The quantitative estimate of drug-likeness (QED) is 0.742. The van der Waals surface area contributed by atoms with Crippen molar-refractivity contribution in [3.63, 3.8) is 0 Å². The molecule has 0 radical (unpaired) electrons. The van der Waals surface area contributed by atoms with Gasteiger partial charge in [-0.15, -0.1) is 0 Å². The molecule has 1 aromatic rings. The molecule has 4 aliphatic rings. The predicted molar refractivity (Wildman–Crippen MR) is 87.3 cm³/mol. The number of β-amino-alcohol motifs (C(OH)–C–C–N with tert-alkyl or cyclic N) is 1. The van der Waals surface area contributed by atoms with Gasteiger partial charge in [0.2, 0.25) is 6.29 Å². The lowest BCUT2D eigenvalue weighted by Crippen LogP contribution is -2.46. The maximum atomic E-state index is 12.8. The Balaban J connectivity index is 1.67. The predicted octanol–water partition coefficient (Wildman–Crippen LogP) is -0.0292. The summed E-state index contributed by atoms with van der Waals surface area (Å²) in [4.78, 5) is 23.4. The number of carbonyl (C=O) groups excluding carboxylic acids is 1. The van der Waals surface area contributed by atoms with Gasteiger partial charge in [0, 0.05) is 6.54 Å². The molecule has 1 atom stereocenters. The number of carbonyl (C=O) groups is 1. The van der Waals surface area contributed by atoms with Gasteiger partial charge in [0.05, 0.1) is 18.9 Å². The van der Waals surface area contributed by atoms with E-state index in [-0.39, 0.29) is 25.2 Å². The highest BCUT2D eigenvalue weighted by Crippen LogP contribution is 2.43. The summed E-state index contributed by atoms with van der Waals surface area (Å²) in [5, 5.41) is 14.2. The minimum Gasteiger partial charge on any atom is -0.463 e. The van der Waals surface area contributed by atoms with Gasteiger partial charge in [0.15, 0.2) is 11.6 Å². The Morgan fingerprint density at radius 3 is 2.88 bits per heavy atom. The van der Waals surface area contributed by atoms with Crippen LogP contribution in [0.3, 0.4) is 0 Å². The van der Waals surface area contributed by atoms with E-state index in [4.69, 9.17) is 10.3 Å². The van der Waals surface area contributed by atoms with Crippen molar-refractivity contribution in [1.29, 1.82) is 0 Å². The maximum Gasteiger partial charge on any atom is 0.342 e. The van der Waals surface area contributed by atoms with Gasteiger partial charge in [-0.05, 0) is 25.0 Å². The highest BCUT2D eigenvalue weighted by Gasteiger charge is 2.56. The van der Waals surface area contributed by atoms with Crippen molar-refractivity contribution < 1.29 is 14.3 Å². The molecular weight excluding hydrogens is 326 g/mol. The number of hydrogen-bond donors (Lipinski definition) is 2. The Morgan fingerprint density at radius 1 is 1.36 bits per heavy atom. The SMILES string of the molecule is NN1C=NC(c2ccco2)=C2C1=NC1N(CCO)C(=O)N(C3CC3)N21. The fourth-order valence-electron chi connectivity index (χ4n) is 3.39. The Morgan fingerprint density at radius 2 is 2.20 bits per heavy atom. The van der Waals surface area contributed by atoms with E-state index in [1.807, 2.05) is 11.1 Å². The van der Waals surface area contributed by atoms with E-state index in [9.17, 15) is 9.90 Å². The third-order valence-corrected chi connectivity index (χ3v) is 4.62. The lowest BCUT2D eigenvalue weighted by atomic mass is 10.2. The molecular formula is C15H17N7O3. The molecule has 0 bridgehead atoms. The van der Waals surface area contributed by atoms with E-state index >= 15 is 0 Å². The van der Waals surface area contributed by atoms with Crippen molar-refractivity contribution in [1.82, 2.24) is 19.9 Å². The number of nitrogens with two attached hydrogens (primary N) is 1. The first-order valence-corrected chi connectivity index (χ1v) is 8.15. The number of rotatable bonds is 4. The number of aliphatic hydroxyl groups is 1. The summed E-state index contributed by atoms with van der Waals surface area (Å²) in [6.07, 6.45) is 4.36. The van der Waals surface area contributed by atoms with Crippen molar-refractivity contribution in [3.8, 4) is 0 Å². The number of amidine groups is 1. The number of furan rings is 1. The third-order valence-electron chi connectivity index (χ3n) is 4.62. The number of nitrogens with zero attached hydrogens (tertiary/aromatic N) is 6. The van der Waals surface area contributed by atoms with Crippen LogP contribution in [0.1, 0.15) is 18.6 Å². The van der Waals surface area contributed by atoms with Crippen molar-refractivity contribution >= 4 is 23.9 Å². The van der Waals surface area contributed by atoms with Gasteiger partial charge in [-0.1, -0.05) is 0 Å². The summed E-state index contributed by atoms with van der Waals surface area (Å²) in [5.74, 6) is 7.12. The normalized spacial score (nSPS) is 25.1. The molecule has 5 rings (SSSR count). The summed E-state index contributed by atoms with van der Waals surface area (Å²) in [5.41, 5.74) is 1.22. The van der Waals surface area contributed by atoms with Gasteiger partial charge in [0.25, 0.3) is 0 Å². The van der Waals surface area contributed by atoms with Gasteiger partial charge in [-0.3, -0.25) is 4.90 Å². The Hall–Kier alpha value is -2.85. The third kappa shape index (κ3) is 1.94. The largest absolute Gasteiger partial charge is 0.463 e. The molecule has 1 aliphatic carbocycles. The van der Waals surface area contributed by atoms with E-state index < -0.39 is 6.29 Å². The molecule has 2 amide bonds. The van der Waals surface area contributed by atoms with Crippen molar-refractivity contribution in [2.24, 2.45) is 15.8 Å². The lowest BCUT2D eigenvalue weighted by Gasteiger charge is -2.30. The average Bonchev–Trinajstić information content (AvgIpc) is 3.05. The fourth-order valence-corrected chi connectivity index (χ4v) is 3.39. The van der Waals surface area contributed by atoms with E-state index in [2.05, 4.69) is 9.98 Å². The molecule has 0 spiro atoms. The van der Waals surface area contributed by atoms with Crippen molar-refractivity contribution in [2.45, 2.75) is 25.2 Å². The Bertz CT molecular complexity index is 811. The first-order chi connectivity index (χ1) is 12.2. The fraction of sp³-hybridized carbons (Fsp3) is 0.400. The van der Waals surface area contributed by atoms with E-state index in [0.29, 0.717) is 23.0 Å². The molecule has 10 heteroatoms. The zero-order valence-corrected chi connectivity index (χ0v) is 13.3. The summed E-state index contributed by atoms with van der Waals surface area (Å²) in [7, 11) is 0. The molecule has 3 aliphatic heterocycles. The van der Waals surface area contributed by atoms with Crippen LogP contribution in [0.2, 0.25) is 0 Å². The molecule has 10 nitrogen and oxygen atoms in total. The monoisotopic (exact) mass is 343 g/mol. The van der Waals surface area contributed by atoms with Crippen LogP contribution in [0.5, 0.6) is 0 Å². The minimum atomic E-state index is -0.567. The number of amides is 2. The van der Waals surface area contributed by atoms with Gasteiger partial charge in [-0.25, -0.2) is 35.6 Å². The highest BCUT2D eigenvalue weighted by molar-refractivity contribution is 6.13. The molecule has 1 aromatic heterocycles. The lowest BCUT2D eigenvalue weighted by molar-refractivity contribution is 0.0548. The number of hydrogen-bond acceptors (Lipinski definition) is 8. The van der Waals surface area contributed by atoms with Crippen molar-refractivity contribution in [3.05, 3.63) is 29.9 Å². The van der Waals surface area contributed by atoms with Crippen molar-refractivity contribution in [2.75, 3.05) is 13.2 Å². The van der Waals surface area contributed by atoms with Crippen LogP contribution in [0, 0.1) is 0 Å². The van der Waals surface area contributed by atoms with Gasteiger partial charge >= 0.3 is 6.03 Å². The summed E-state index contributed by atoms with van der Waals surface area (Å²) >= 11 is 0. The standard InChI is InChI=1S/C15H17N7O3/c16-20-8-17-11(10-2-1-7-25-10)12-13(20)18-14-19(5-6-23)15(24)21(22(12)14)9-3-4-9/h1-2,7-9,14,23H,3-6,16H2. The summed E-state index contributed by atoms with van der Waals surface area (Å²) < 4.78 is 5.51. The molecule has 1 saturated heterocycles. The second-order valence-corrected chi connectivity index (χ2v) is 6.25. The first kappa shape index (κ1) is 14.5. The number of hydrazine groups is 2. The molecule has 1 saturated carbocycles. The van der Waals surface area contributed by atoms with Gasteiger partial charge in [-0.2, -0.15) is 0 Å². The van der Waals surface area contributed by atoms with Crippen LogP contribution >= 0.6 is 0 Å². The number of aliphatic imine (C=N–C) groups is 2. The zero-order valence-electron chi connectivity index (χ0n) is 13.3. The molecule has 4 heterocycles. The zero-order chi connectivity index (χ0) is 17.1. The van der Waals surface area contributed by atoms with Crippen LogP contribution in [-0.4, -0.2) is 68.7 Å². The van der Waals surface area contributed by atoms with Crippen LogP contribution in [0.25, 0.3) is 5.70 Å². The Labute approximate surface area is 143 Å². The van der Waals surface area contributed by atoms with Crippen LogP contribution in [0.4, 0.5) is 4.79 Å². The molecule has 25 heavy (non-hydrogen) atoms. The maximum absolute atomic E-state index is 12.8. The number of urea groups is 1. The second-order valence-electron chi connectivity index (χ2n) is 6.25. The number of fused-ring (bicyclic) bond motifs is 3. The molecule has 2 fully saturated rings. The van der Waals surface area contributed by atoms with E-state index in [0.717, 1.165) is 12.8 Å². The molecule has 3 N–H and O–H groups in total. The van der Waals surface area contributed by atoms with Crippen LogP contribution < -0.4 is 5.84 Å². The highest BCUT2D eigenvalue weighted by atomic mass is 16.3. The number of aliphatic hydroxyl groups excluding tert-OH is 1. The second kappa shape index (κ2) is 5.07. The summed E-state index contributed by atoms with van der Waals surface area (Å²) in [6, 6.07) is 3.56. The topological polar surface area (TPSA) is 114 Å². The van der Waals surface area contributed by atoms with E-state index in [1.165, 1.54) is 11.3 Å². The van der Waals surface area contributed by atoms with Gasteiger partial charge in [0.1, 0.15) is 17.7 Å². The minimum absolute atomic E-state index is 0.133. The van der Waals surface area contributed by atoms with Gasteiger partial charge < -0.3 is 9.52 Å². The Kier molecular flexibility index (Phi) is 2.94. The molecule has 0 aromatic carbocycles. The molecule has 1 unspecified atom stereocenters. The molecule has 130 valence electrons. The smallest absolute Gasteiger partial charge is 0.342 e. The average molecular weight is 343 g/mol. The van der Waals surface area contributed by atoms with Crippen LogP contribution in [0.15, 0.2) is 38.5 Å². The summed E-state index contributed by atoms with van der Waals surface area (Å²) in [6.45, 7) is 0.0706. The first-order valence-electron chi connectivity index (χ1n) is 8.15. The van der Waals surface area contributed by atoms with Crippen LogP contribution in [-0.2, 0) is 0 Å².